The number of hydrogen-bond acceptors (Lipinski definition) is 2. The summed E-state index contributed by atoms with van der Waals surface area (Å²) in [6.07, 6.45) is 0.600. The van der Waals surface area contributed by atoms with Crippen molar-refractivity contribution in [3.8, 4) is 0 Å². The lowest BCUT2D eigenvalue weighted by Crippen LogP contribution is -2.30. The fraction of sp³-hybridized carbons (Fsp3) is 0.600. The third kappa shape index (κ3) is 2.34. The molecule has 0 spiro atoms. The molecule has 0 aromatic carbocycles. The Morgan fingerprint density at radius 2 is 2.38 bits per heavy atom. The van der Waals surface area contributed by atoms with Gasteiger partial charge >= 0.3 is 0 Å². The van der Waals surface area contributed by atoms with Crippen LogP contribution in [0.2, 0.25) is 0 Å². The van der Waals surface area contributed by atoms with E-state index in [4.69, 9.17) is 5.41 Å². The average molecular weight is 114 g/mol. The second-order valence-electron chi connectivity index (χ2n) is 1.69. The summed E-state index contributed by atoms with van der Waals surface area (Å²) < 4.78 is 0. The fourth-order valence-corrected chi connectivity index (χ4v) is 0.227. The van der Waals surface area contributed by atoms with Gasteiger partial charge in [-0.3, -0.25) is 4.79 Å². The van der Waals surface area contributed by atoms with Crippen molar-refractivity contribution in [3.05, 3.63) is 0 Å². The highest BCUT2D eigenvalue weighted by Crippen LogP contribution is 1.79. The Bertz CT molecular complexity index is 101. The van der Waals surface area contributed by atoms with Gasteiger partial charge in [-0.15, -0.1) is 0 Å². The topological polar surface area (TPSA) is 53.0 Å². The molecular weight excluding hydrogens is 104 g/mol. The molecular formula is C5H10N2O. The van der Waals surface area contributed by atoms with E-state index in [1.807, 2.05) is 0 Å². The monoisotopic (exact) mass is 114 g/mol. The summed E-state index contributed by atoms with van der Waals surface area (Å²) in [4.78, 5) is 9.71. The molecule has 46 valence electrons. The van der Waals surface area contributed by atoms with Crippen LogP contribution in [0, 0.1) is 5.41 Å². The summed E-state index contributed by atoms with van der Waals surface area (Å²) >= 11 is 0. The van der Waals surface area contributed by atoms with Crippen LogP contribution in [0.3, 0.4) is 0 Å². The summed E-state index contributed by atoms with van der Waals surface area (Å²) in [6.45, 7) is 3.41. The maximum atomic E-state index is 9.71. The van der Waals surface area contributed by atoms with Gasteiger partial charge in [-0.05, 0) is 13.8 Å². The minimum atomic E-state index is -0.118. The number of carbonyl (C=O) groups excluding carboxylic acids is 1. The van der Waals surface area contributed by atoms with Crippen molar-refractivity contribution in [3.63, 3.8) is 0 Å². The summed E-state index contributed by atoms with van der Waals surface area (Å²) in [5.74, 6) is 0. The van der Waals surface area contributed by atoms with Gasteiger partial charge in [0.25, 0.3) is 0 Å². The Hall–Kier alpha value is -0.860. The van der Waals surface area contributed by atoms with Crippen molar-refractivity contribution >= 4 is 12.1 Å². The van der Waals surface area contributed by atoms with Gasteiger partial charge < -0.3 is 10.7 Å². The summed E-state index contributed by atoms with van der Waals surface area (Å²) in [5, 5.41) is 9.42. The first-order chi connectivity index (χ1) is 3.68. The van der Waals surface area contributed by atoms with E-state index in [2.05, 4.69) is 5.32 Å². The van der Waals surface area contributed by atoms with Crippen LogP contribution >= 0.6 is 0 Å². The molecule has 2 N–H and O–H groups in total. The molecule has 0 saturated carbocycles. The molecule has 3 heteroatoms. The van der Waals surface area contributed by atoms with Crippen LogP contribution in [0.4, 0.5) is 0 Å². The number of hydrogen-bond donors (Lipinski definition) is 2. The predicted molar refractivity (Wildman–Crippen MR) is 32.1 cm³/mol. The van der Waals surface area contributed by atoms with Crippen LogP contribution in [0.5, 0.6) is 0 Å². The van der Waals surface area contributed by atoms with E-state index in [1.165, 1.54) is 0 Å². The van der Waals surface area contributed by atoms with Crippen LogP contribution in [-0.4, -0.2) is 18.2 Å². The van der Waals surface area contributed by atoms with Gasteiger partial charge in [0, 0.05) is 5.71 Å². The molecule has 0 heterocycles. The molecule has 0 saturated heterocycles. The summed E-state index contributed by atoms with van der Waals surface area (Å²) in [6, 6.07) is -0.118. The molecule has 1 atom stereocenters. The highest BCUT2D eigenvalue weighted by molar-refractivity contribution is 5.85. The zero-order valence-electron chi connectivity index (χ0n) is 5.06. The first-order valence-corrected chi connectivity index (χ1v) is 2.43. The number of carbonyl (C=O) groups is 1. The van der Waals surface area contributed by atoms with Gasteiger partial charge in [-0.1, -0.05) is 0 Å². The molecule has 0 aliphatic rings. The van der Waals surface area contributed by atoms with E-state index in [9.17, 15) is 4.79 Å². The third-order valence-corrected chi connectivity index (χ3v) is 0.968. The third-order valence-electron chi connectivity index (χ3n) is 0.968. The smallest absolute Gasteiger partial charge is 0.207 e. The highest BCUT2D eigenvalue weighted by Gasteiger charge is 1.98. The molecule has 1 unspecified atom stereocenters. The molecule has 0 aliphatic carbocycles. The van der Waals surface area contributed by atoms with E-state index < -0.39 is 0 Å². The lowest BCUT2D eigenvalue weighted by molar-refractivity contribution is -0.109. The fourth-order valence-electron chi connectivity index (χ4n) is 0.227. The van der Waals surface area contributed by atoms with Crippen LogP contribution in [0.1, 0.15) is 13.8 Å². The van der Waals surface area contributed by atoms with Crippen molar-refractivity contribution in [2.24, 2.45) is 0 Å². The molecule has 3 nitrogen and oxygen atoms in total. The first kappa shape index (κ1) is 7.14. The second kappa shape index (κ2) is 3.18. The van der Waals surface area contributed by atoms with E-state index in [0.29, 0.717) is 12.1 Å². The van der Waals surface area contributed by atoms with Gasteiger partial charge in [0.15, 0.2) is 0 Å². The number of amides is 1. The molecule has 0 radical (unpaired) electrons. The van der Waals surface area contributed by atoms with Gasteiger partial charge in [0.1, 0.15) is 0 Å². The molecule has 0 aromatic heterocycles. The second-order valence-corrected chi connectivity index (χ2v) is 1.69. The van der Waals surface area contributed by atoms with Crippen LogP contribution in [0.25, 0.3) is 0 Å². The number of rotatable bonds is 3. The largest absolute Gasteiger partial charge is 0.351 e. The van der Waals surface area contributed by atoms with E-state index in [-0.39, 0.29) is 6.04 Å². The van der Waals surface area contributed by atoms with Gasteiger partial charge in [-0.25, -0.2) is 0 Å². The van der Waals surface area contributed by atoms with E-state index in [0.717, 1.165) is 0 Å². The van der Waals surface area contributed by atoms with Crippen LogP contribution in [-0.2, 0) is 4.79 Å². The van der Waals surface area contributed by atoms with E-state index >= 15 is 0 Å². The zero-order chi connectivity index (χ0) is 6.57. The van der Waals surface area contributed by atoms with Crippen molar-refractivity contribution in [2.75, 3.05) is 0 Å². The zero-order valence-corrected chi connectivity index (χ0v) is 5.06. The maximum Gasteiger partial charge on any atom is 0.207 e. The Labute approximate surface area is 48.6 Å². The van der Waals surface area contributed by atoms with E-state index in [1.54, 1.807) is 13.8 Å². The van der Waals surface area contributed by atoms with Gasteiger partial charge in [-0.2, -0.15) is 0 Å². The highest BCUT2D eigenvalue weighted by atomic mass is 16.1. The normalized spacial score (nSPS) is 12.2. The summed E-state index contributed by atoms with van der Waals surface area (Å²) in [5.41, 5.74) is 0.470. The Balaban J connectivity index is 3.46. The molecule has 1 amide bonds. The number of nitrogens with one attached hydrogen (secondary N) is 2. The molecule has 0 rings (SSSR count). The molecule has 0 aromatic rings. The summed E-state index contributed by atoms with van der Waals surface area (Å²) in [7, 11) is 0. The van der Waals surface area contributed by atoms with Gasteiger partial charge in [0.2, 0.25) is 6.41 Å². The maximum absolute atomic E-state index is 9.71. The lowest BCUT2D eigenvalue weighted by Gasteiger charge is -2.05. The Morgan fingerprint density at radius 1 is 1.88 bits per heavy atom. The minimum Gasteiger partial charge on any atom is -0.351 e. The van der Waals surface area contributed by atoms with Crippen molar-refractivity contribution in [2.45, 2.75) is 19.9 Å². The Morgan fingerprint density at radius 3 is 2.50 bits per heavy atom. The first-order valence-electron chi connectivity index (χ1n) is 2.43. The SMILES string of the molecule is CC(=N)C(C)NC=O. The van der Waals surface area contributed by atoms with Gasteiger partial charge in [0.05, 0.1) is 6.04 Å². The standard InChI is InChI=1S/C5H10N2O/c1-4(6)5(2)7-3-8/h3,5-6H,1-2H3,(H,7,8). The van der Waals surface area contributed by atoms with Crippen molar-refractivity contribution < 1.29 is 4.79 Å². The van der Waals surface area contributed by atoms with Crippen LogP contribution < -0.4 is 5.32 Å². The lowest BCUT2D eigenvalue weighted by atomic mass is 10.2. The molecule has 0 bridgehead atoms. The molecule has 0 aliphatic heterocycles. The Kier molecular flexibility index (Phi) is 2.84. The minimum absolute atomic E-state index is 0.118. The predicted octanol–water partition coefficient (Wildman–Crippen LogP) is 0.161. The quantitative estimate of drug-likeness (QED) is 0.398. The average Bonchev–Trinajstić information content (AvgIpc) is 1.67. The molecule has 8 heavy (non-hydrogen) atoms. The van der Waals surface area contributed by atoms with Crippen LogP contribution in [0.15, 0.2) is 0 Å². The van der Waals surface area contributed by atoms with Crippen molar-refractivity contribution in [1.29, 1.82) is 5.41 Å². The van der Waals surface area contributed by atoms with Crippen molar-refractivity contribution in [1.82, 2.24) is 5.32 Å². The molecule has 0 fully saturated rings.